The lowest BCUT2D eigenvalue weighted by molar-refractivity contribution is -0.0611. The zero-order valence-electron chi connectivity index (χ0n) is 4.03. The Morgan fingerprint density at radius 1 is 1.50 bits per heavy atom. The predicted octanol–water partition coefficient (Wildman–Crippen LogP) is 2.43. The molecule has 0 aromatic carbocycles. The zero-order valence-corrected chi connectivity index (χ0v) is 4.03. The monoisotopic (exact) mass is 126 g/mol. The van der Waals surface area contributed by atoms with Crippen molar-refractivity contribution in [2.24, 2.45) is 0 Å². The Bertz CT molecular complexity index is 67.7. The van der Waals surface area contributed by atoms with Crippen molar-refractivity contribution in [2.75, 3.05) is 0 Å². The van der Waals surface area contributed by atoms with E-state index in [1.54, 1.807) is 0 Å². The summed E-state index contributed by atoms with van der Waals surface area (Å²) in [4.78, 5) is 2.81. The lowest BCUT2D eigenvalue weighted by atomic mass is 11.2. The second-order valence-electron chi connectivity index (χ2n) is 0.594. The molecule has 0 rings (SSSR count). The van der Waals surface area contributed by atoms with Crippen LogP contribution in [-0.4, -0.2) is 0 Å². The lowest BCUT2D eigenvalue weighted by Gasteiger charge is -1.62. The number of hydrogen-bond acceptors (Lipinski definition) is 1. The van der Waals surface area contributed by atoms with Gasteiger partial charge in [-0.2, -0.15) is 8.78 Å². The quantitative estimate of drug-likeness (QED) is 0.490. The molecule has 0 fully saturated rings. The van der Waals surface area contributed by atoms with E-state index in [1.807, 2.05) is 0 Å². The molecule has 0 aliphatic rings. The SMILES string of the molecule is C=C(F)F.C=COF. The molecule has 4 heteroatoms. The molecular weight excluding hydrogens is 121 g/mol. The molecule has 0 heterocycles. The molecule has 0 spiro atoms. The summed E-state index contributed by atoms with van der Waals surface area (Å²) in [5.74, 6) is 0. The fraction of sp³-hybridized carbons (Fsp3) is 0. The Kier molecular flexibility index (Phi) is 11.9. The maximum atomic E-state index is 10.1. The molecule has 0 N–H and O–H groups in total. The van der Waals surface area contributed by atoms with Gasteiger partial charge in [-0.1, -0.05) is 6.58 Å². The minimum Gasteiger partial charge on any atom is -0.303 e. The van der Waals surface area contributed by atoms with E-state index in [0.29, 0.717) is 6.26 Å². The van der Waals surface area contributed by atoms with Crippen molar-refractivity contribution < 1.29 is 18.2 Å². The van der Waals surface area contributed by atoms with Gasteiger partial charge in [0.1, 0.15) is 6.26 Å². The average molecular weight is 126 g/mol. The summed E-state index contributed by atoms with van der Waals surface area (Å²) in [7, 11) is 0. The first-order valence-corrected chi connectivity index (χ1v) is 1.53. The summed E-state index contributed by atoms with van der Waals surface area (Å²) in [6.07, 6.45) is -1.12. The van der Waals surface area contributed by atoms with E-state index in [-0.39, 0.29) is 0 Å². The molecule has 8 heavy (non-hydrogen) atoms. The third kappa shape index (κ3) is 17100. The van der Waals surface area contributed by atoms with Gasteiger partial charge >= 0.3 is 0 Å². The lowest BCUT2D eigenvalue weighted by Crippen LogP contribution is -1.41. The fourth-order valence-electron chi connectivity index (χ4n) is 0. The third-order valence-electron chi connectivity index (χ3n) is 0.0630. The molecule has 0 bridgehead atoms. The van der Waals surface area contributed by atoms with Gasteiger partial charge in [-0.25, -0.2) is 0 Å². The smallest absolute Gasteiger partial charge is 0.263 e. The first-order valence-electron chi connectivity index (χ1n) is 1.53. The predicted molar refractivity (Wildman–Crippen MR) is 23.7 cm³/mol. The van der Waals surface area contributed by atoms with Gasteiger partial charge < -0.3 is 4.94 Å². The Morgan fingerprint density at radius 3 is 1.62 bits per heavy atom. The minimum atomic E-state index is -1.83. The van der Waals surface area contributed by atoms with Crippen molar-refractivity contribution in [1.29, 1.82) is 0 Å². The summed E-state index contributed by atoms with van der Waals surface area (Å²) >= 11 is 0. The highest BCUT2D eigenvalue weighted by Gasteiger charge is 1.65. The van der Waals surface area contributed by atoms with Crippen LogP contribution >= 0.6 is 0 Å². The van der Waals surface area contributed by atoms with Crippen molar-refractivity contribution >= 4 is 0 Å². The first-order chi connectivity index (χ1) is 3.65. The van der Waals surface area contributed by atoms with Gasteiger partial charge in [0, 0.05) is 4.53 Å². The molecule has 0 unspecified atom stereocenters. The van der Waals surface area contributed by atoms with Gasteiger partial charge in [0.05, 0.1) is 0 Å². The molecule has 0 aliphatic carbocycles. The van der Waals surface area contributed by atoms with E-state index >= 15 is 0 Å². The van der Waals surface area contributed by atoms with E-state index in [0.717, 1.165) is 0 Å². The van der Waals surface area contributed by atoms with Gasteiger partial charge in [0.15, 0.2) is 0 Å². The summed E-state index contributed by atoms with van der Waals surface area (Å²) in [6.45, 7) is 5.10. The van der Waals surface area contributed by atoms with Crippen LogP contribution in [-0.2, 0) is 4.94 Å². The summed E-state index contributed by atoms with van der Waals surface area (Å²) in [5.41, 5.74) is 0. The van der Waals surface area contributed by atoms with Crippen LogP contribution in [0, 0.1) is 0 Å². The molecule has 0 aromatic heterocycles. The highest BCUT2D eigenvalue weighted by molar-refractivity contribution is 4.57. The third-order valence-corrected chi connectivity index (χ3v) is 0.0630. The Morgan fingerprint density at radius 2 is 1.62 bits per heavy atom. The average Bonchev–Trinajstić information content (AvgIpc) is 1.65. The van der Waals surface area contributed by atoms with Crippen LogP contribution in [0.1, 0.15) is 0 Å². The summed E-state index contributed by atoms with van der Waals surface area (Å²) in [5, 5.41) is 0. The number of halogens is 3. The molecule has 1 nitrogen and oxygen atoms in total. The maximum Gasteiger partial charge on any atom is 0.263 e. The largest absolute Gasteiger partial charge is 0.303 e. The van der Waals surface area contributed by atoms with Crippen LogP contribution in [0.5, 0.6) is 0 Å². The second-order valence-corrected chi connectivity index (χ2v) is 0.594. The normalized spacial score (nSPS) is 5.88. The van der Waals surface area contributed by atoms with Crippen molar-refractivity contribution in [1.82, 2.24) is 0 Å². The van der Waals surface area contributed by atoms with E-state index in [2.05, 4.69) is 18.1 Å². The van der Waals surface area contributed by atoms with E-state index in [4.69, 9.17) is 0 Å². The van der Waals surface area contributed by atoms with Gasteiger partial charge in [-0.05, 0) is 6.58 Å². The highest BCUT2D eigenvalue weighted by atomic mass is 19.3. The van der Waals surface area contributed by atoms with Crippen molar-refractivity contribution in [2.45, 2.75) is 0 Å². The molecule has 48 valence electrons. The Labute approximate surface area is 45.0 Å². The van der Waals surface area contributed by atoms with Crippen molar-refractivity contribution in [3.8, 4) is 0 Å². The highest BCUT2D eigenvalue weighted by Crippen LogP contribution is 1.85. The molecule has 0 saturated carbocycles. The second kappa shape index (κ2) is 9.42. The van der Waals surface area contributed by atoms with Crippen LogP contribution in [0.4, 0.5) is 13.3 Å². The first kappa shape index (κ1) is 10.1. The van der Waals surface area contributed by atoms with Crippen LogP contribution in [0.2, 0.25) is 0 Å². The molecular formula is C4H5F3O. The molecule has 0 radical (unpaired) electrons. The fourth-order valence-corrected chi connectivity index (χ4v) is 0. The van der Waals surface area contributed by atoms with Crippen LogP contribution in [0.25, 0.3) is 0 Å². The zero-order chi connectivity index (χ0) is 6.99. The van der Waals surface area contributed by atoms with Crippen LogP contribution in [0.3, 0.4) is 0 Å². The van der Waals surface area contributed by atoms with Gasteiger partial charge in [-0.15, -0.1) is 0 Å². The van der Waals surface area contributed by atoms with Gasteiger partial charge in [0.2, 0.25) is 0 Å². The minimum absolute atomic E-state index is 0.708. The van der Waals surface area contributed by atoms with Gasteiger partial charge in [-0.3, -0.25) is 0 Å². The Balaban J connectivity index is 0. The summed E-state index contributed by atoms with van der Waals surface area (Å²) < 4.78 is 30.4. The van der Waals surface area contributed by atoms with Crippen molar-refractivity contribution in [3.63, 3.8) is 0 Å². The number of rotatable bonds is 1. The van der Waals surface area contributed by atoms with Crippen molar-refractivity contribution in [3.05, 3.63) is 25.5 Å². The van der Waals surface area contributed by atoms with E-state index in [1.165, 1.54) is 0 Å². The van der Waals surface area contributed by atoms with Crippen LogP contribution in [0.15, 0.2) is 25.5 Å². The maximum absolute atomic E-state index is 10.1. The Hall–Kier alpha value is -0.930. The van der Waals surface area contributed by atoms with Gasteiger partial charge in [0.25, 0.3) is 6.08 Å². The van der Waals surface area contributed by atoms with E-state index in [9.17, 15) is 13.3 Å². The topological polar surface area (TPSA) is 9.23 Å². The molecule has 0 aromatic rings. The standard InChI is InChI=1S/C2H2F2.C2H3FO/c1-2(3)4;1-2-4-3/h1H2;2H,1H2. The molecule has 0 amide bonds. The molecule has 0 aliphatic heterocycles. The van der Waals surface area contributed by atoms with E-state index < -0.39 is 6.08 Å². The molecule has 0 saturated heterocycles. The number of hydrogen-bond donors (Lipinski definition) is 0. The summed E-state index contributed by atoms with van der Waals surface area (Å²) in [6, 6.07) is 0. The molecule has 0 atom stereocenters. The van der Waals surface area contributed by atoms with Crippen LogP contribution < -0.4 is 0 Å².